The molecule has 0 fully saturated rings. The van der Waals surface area contributed by atoms with Gasteiger partial charge >= 0.3 is 0 Å². The van der Waals surface area contributed by atoms with E-state index in [1.807, 2.05) is 30.6 Å². The molecule has 0 amide bonds. The van der Waals surface area contributed by atoms with E-state index in [0.29, 0.717) is 13.1 Å². The maximum Gasteiger partial charge on any atom is 0.191 e. The Morgan fingerprint density at radius 1 is 1.16 bits per heavy atom. The van der Waals surface area contributed by atoms with Crippen molar-refractivity contribution < 1.29 is 0 Å². The molecule has 0 saturated heterocycles. The normalized spacial score (nSPS) is 11.2. The van der Waals surface area contributed by atoms with Gasteiger partial charge in [-0.15, -0.1) is 35.3 Å². The number of hydrogen-bond donors (Lipinski definition) is 2. The quantitative estimate of drug-likeness (QED) is 0.340. The maximum absolute atomic E-state index is 4.66. The third-order valence-corrected chi connectivity index (χ3v) is 4.48. The van der Waals surface area contributed by atoms with Crippen molar-refractivity contribution in [1.82, 2.24) is 20.6 Å². The van der Waals surface area contributed by atoms with Crippen LogP contribution < -0.4 is 10.6 Å². The molecule has 2 N–H and O–H groups in total. The molecular formula is C18H22IN5S. The number of nitrogens with zero attached hydrogens (tertiary/aromatic N) is 3. The topological polar surface area (TPSA) is 62.2 Å². The highest BCUT2D eigenvalue weighted by Crippen LogP contribution is 2.16. The summed E-state index contributed by atoms with van der Waals surface area (Å²) < 4.78 is 0. The summed E-state index contributed by atoms with van der Waals surface area (Å²) in [6, 6.07) is 10.3. The first-order valence-electron chi connectivity index (χ1n) is 8.02. The maximum atomic E-state index is 4.66. The molecule has 5 nitrogen and oxygen atoms in total. The van der Waals surface area contributed by atoms with Gasteiger partial charge in [0.05, 0.1) is 18.8 Å². The lowest BCUT2D eigenvalue weighted by atomic mass is 10.1. The van der Waals surface area contributed by atoms with Crippen molar-refractivity contribution in [3.63, 3.8) is 0 Å². The molecule has 0 saturated carbocycles. The van der Waals surface area contributed by atoms with Crippen molar-refractivity contribution >= 4 is 52.0 Å². The predicted molar refractivity (Wildman–Crippen MR) is 116 cm³/mol. The van der Waals surface area contributed by atoms with Gasteiger partial charge in [-0.1, -0.05) is 24.3 Å². The zero-order chi connectivity index (χ0) is 16.8. The minimum Gasteiger partial charge on any atom is -0.357 e. The molecule has 2 heterocycles. The van der Waals surface area contributed by atoms with Crippen molar-refractivity contribution in [2.75, 3.05) is 6.54 Å². The third kappa shape index (κ3) is 5.37. The average Bonchev–Trinajstić information content (AvgIpc) is 3.03. The molecule has 0 atom stereocenters. The summed E-state index contributed by atoms with van der Waals surface area (Å²) in [5.74, 6) is 0.778. The lowest BCUT2D eigenvalue weighted by Gasteiger charge is -2.10. The molecule has 3 aromatic rings. The first-order valence-corrected chi connectivity index (χ1v) is 8.84. The summed E-state index contributed by atoms with van der Waals surface area (Å²) in [6.07, 6.45) is 3.73. The molecule has 132 valence electrons. The van der Waals surface area contributed by atoms with Crippen molar-refractivity contribution in [3.8, 4) is 0 Å². The molecule has 0 aliphatic carbocycles. The second kappa shape index (κ2) is 9.67. The van der Waals surface area contributed by atoms with E-state index in [2.05, 4.69) is 51.6 Å². The number of aryl methyl sites for hydroxylation is 1. The Kier molecular flexibility index (Phi) is 7.57. The molecule has 2 aromatic heterocycles. The van der Waals surface area contributed by atoms with Crippen LogP contribution in [-0.4, -0.2) is 22.5 Å². The SMILES string of the molecule is CCNC(=NCc1nccc2ccccc12)NCc1ncc(C)s1.I. The van der Waals surface area contributed by atoms with E-state index in [0.717, 1.165) is 28.6 Å². The molecule has 0 unspecified atom stereocenters. The van der Waals surface area contributed by atoms with Gasteiger partial charge in [0, 0.05) is 29.2 Å². The summed E-state index contributed by atoms with van der Waals surface area (Å²) >= 11 is 1.70. The largest absolute Gasteiger partial charge is 0.357 e. The number of fused-ring (bicyclic) bond motifs is 1. The molecule has 0 aliphatic heterocycles. The highest BCUT2D eigenvalue weighted by molar-refractivity contribution is 14.0. The Hall–Kier alpha value is -1.74. The van der Waals surface area contributed by atoms with Crippen LogP contribution in [0.2, 0.25) is 0 Å². The van der Waals surface area contributed by atoms with Gasteiger partial charge in [-0.3, -0.25) is 4.98 Å². The highest BCUT2D eigenvalue weighted by Gasteiger charge is 2.04. The standard InChI is InChI=1S/C18H21N5S.HI/c1-3-19-18(23-12-17-21-10-13(2)24-17)22-11-16-15-7-5-4-6-14(15)8-9-20-16;/h4-10H,3,11-12H2,1-2H3,(H2,19,22,23);1H. The molecule has 0 aliphatic rings. The molecule has 7 heteroatoms. The summed E-state index contributed by atoms with van der Waals surface area (Å²) in [6.45, 7) is 6.14. The van der Waals surface area contributed by atoms with E-state index in [1.165, 1.54) is 10.3 Å². The third-order valence-electron chi connectivity index (χ3n) is 3.56. The zero-order valence-electron chi connectivity index (χ0n) is 14.3. The van der Waals surface area contributed by atoms with Crippen LogP contribution in [0.25, 0.3) is 10.8 Å². The lowest BCUT2D eigenvalue weighted by molar-refractivity contribution is 0.809. The van der Waals surface area contributed by atoms with Gasteiger partial charge in [0.25, 0.3) is 0 Å². The predicted octanol–water partition coefficient (Wildman–Crippen LogP) is 3.87. The molecular weight excluding hydrogens is 445 g/mol. The highest BCUT2D eigenvalue weighted by atomic mass is 127. The van der Waals surface area contributed by atoms with Crippen LogP contribution in [0.1, 0.15) is 22.5 Å². The van der Waals surface area contributed by atoms with Crippen molar-refractivity contribution in [2.24, 2.45) is 4.99 Å². The fraction of sp³-hybridized carbons (Fsp3) is 0.278. The first-order chi connectivity index (χ1) is 11.8. The smallest absolute Gasteiger partial charge is 0.191 e. The van der Waals surface area contributed by atoms with Gasteiger partial charge < -0.3 is 10.6 Å². The number of benzene rings is 1. The molecule has 0 radical (unpaired) electrons. The number of aliphatic imine (C=N–C) groups is 1. The summed E-state index contributed by atoms with van der Waals surface area (Å²) in [5.41, 5.74) is 0.982. The minimum absolute atomic E-state index is 0. The van der Waals surface area contributed by atoms with E-state index >= 15 is 0 Å². The Labute approximate surface area is 169 Å². The molecule has 3 rings (SSSR count). The van der Waals surface area contributed by atoms with Crippen molar-refractivity contribution in [1.29, 1.82) is 0 Å². The van der Waals surface area contributed by atoms with Crippen LogP contribution >= 0.6 is 35.3 Å². The number of rotatable bonds is 5. The summed E-state index contributed by atoms with van der Waals surface area (Å²) in [7, 11) is 0. The second-order valence-corrected chi connectivity index (χ2v) is 6.71. The van der Waals surface area contributed by atoms with Crippen LogP contribution in [-0.2, 0) is 13.1 Å². The molecule has 0 spiro atoms. The second-order valence-electron chi connectivity index (χ2n) is 5.39. The Balaban J connectivity index is 0.00000225. The fourth-order valence-electron chi connectivity index (χ4n) is 2.45. The van der Waals surface area contributed by atoms with Gasteiger partial charge in [0.1, 0.15) is 5.01 Å². The Morgan fingerprint density at radius 3 is 2.76 bits per heavy atom. The number of nitrogens with one attached hydrogen (secondary N) is 2. The molecule has 25 heavy (non-hydrogen) atoms. The van der Waals surface area contributed by atoms with Gasteiger partial charge in [-0.25, -0.2) is 9.98 Å². The molecule has 0 bridgehead atoms. The van der Waals surface area contributed by atoms with Crippen LogP contribution in [0.4, 0.5) is 0 Å². The summed E-state index contributed by atoms with van der Waals surface area (Å²) in [5, 5.41) is 9.99. The van der Waals surface area contributed by atoms with Crippen LogP contribution in [0, 0.1) is 6.92 Å². The Morgan fingerprint density at radius 2 is 2.00 bits per heavy atom. The monoisotopic (exact) mass is 467 g/mol. The fourth-order valence-corrected chi connectivity index (χ4v) is 3.17. The number of aromatic nitrogens is 2. The van der Waals surface area contributed by atoms with Crippen molar-refractivity contribution in [3.05, 3.63) is 58.3 Å². The van der Waals surface area contributed by atoms with Gasteiger partial charge in [0.2, 0.25) is 0 Å². The summed E-state index contributed by atoms with van der Waals surface area (Å²) in [4.78, 5) is 14.7. The number of halogens is 1. The minimum atomic E-state index is 0. The van der Waals surface area contributed by atoms with Crippen LogP contribution in [0.15, 0.2) is 47.7 Å². The van der Waals surface area contributed by atoms with E-state index in [-0.39, 0.29) is 24.0 Å². The van der Waals surface area contributed by atoms with E-state index in [1.54, 1.807) is 11.3 Å². The number of thiazole rings is 1. The van der Waals surface area contributed by atoms with E-state index in [4.69, 9.17) is 0 Å². The lowest BCUT2D eigenvalue weighted by Crippen LogP contribution is -2.36. The Bertz CT molecular complexity index is 841. The van der Waals surface area contributed by atoms with Crippen LogP contribution in [0.3, 0.4) is 0 Å². The van der Waals surface area contributed by atoms with Gasteiger partial charge in [-0.05, 0) is 25.3 Å². The van der Waals surface area contributed by atoms with Gasteiger partial charge in [-0.2, -0.15) is 0 Å². The van der Waals surface area contributed by atoms with E-state index < -0.39 is 0 Å². The zero-order valence-corrected chi connectivity index (χ0v) is 17.5. The first kappa shape index (κ1) is 19.6. The molecule has 1 aromatic carbocycles. The average molecular weight is 467 g/mol. The van der Waals surface area contributed by atoms with Crippen molar-refractivity contribution in [2.45, 2.75) is 26.9 Å². The van der Waals surface area contributed by atoms with Crippen LogP contribution in [0.5, 0.6) is 0 Å². The number of guanidine groups is 1. The van der Waals surface area contributed by atoms with Gasteiger partial charge in [0.15, 0.2) is 5.96 Å². The number of hydrogen-bond acceptors (Lipinski definition) is 4. The van der Waals surface area contributed by atoms with E-state index in [9.17, 15) is 0 Å². The number of pyridine rings is 1.